The van der Waals surface area contributed by atoms with Gasteiger partial charge in [0.25, 0.3) is 0 Å². The Balaban J connectivity index is 2.44. The van der Waals surface area contributed by atoms with E-state index in [9.17, 15) is 10.1 Å². The molecule has 1 aromatic rings. The van der Waals surface area contributed by atoms with Gasteiger partial charge in [-0.2, -0.15) is 0 Å². The molecule has 20 heavy (non-hydrogen) atoms. The van der Waals surface area contributed by atoms with Crippen molar-refractivity contribution < 1.29 is 10.1 Å². The average Bonchev–Trinajstić information content (AvgIpc) is 2.46. The maximum Gasteiger partial charge on any atom is 0.312 e. The summed E-state index contributed by atoms with van der Waals surface area (Å²) >= 11 is 0. The number of aromatic nitrogens is 1. The Hall–Kier alpha value is -2.38. The van der Waals surface area contributed by atoms with E-state index < -0.39 is 4.92 Å². The lowest BCUT2D eigenvalue weighted by atomic mass is 10.0. The van der Waals surface area contributed by atoms with Gasteiger partial charge in [-0.3, -0.25) is 10.1 Å². The molecule has 1 fully saturated rings. The summed E-state index contributed by atoms with van der Waals surface area (Å²) in [7, 11) is 0. The van der Waals surface area contributed by atoms with Crippen molar-refractivity contribution in [2.24, 2.45) is 10.9 Å². The van der Waals surface area contributed by atoms with Crippen molar-refractivity contribution in [3.63, 3.8) is 0 Å². The predicted octanol–water partition coefficient (Wildman–Crippen LogP) is 1.46. The number of nitro groups is 1. The van der Waals surface area contributed by atoms with E-state index >= 15 is 0 Å². The number of amidine groups is 1. The minimum atomic E-state index is -0.488. The van der Waals surface area contributed by atoms with Crippen LogP contribution in [0.1, 0.15) is 31.7 Å². The van der Waals surface area contributed by atoms with E-state index in [-0.39, 0.29) is 23.1 Å². The maximum absolute atomic E-state index is 11.2. The molecule has 0 aromatic carbocycles. The Morgan fingerprint density at radius 3 is 3.00 bits per heavy atom. The van der Waals surface area contributed by atoms with Gasteiger partial charge in [0.1, 0.15) is 0 Å². The zero-order valence-corrected chi connectivity index (χ0v) is 11.2. The highest BCUT2D eigenvalue weighted by Gasteiger charge is 2.27. The number of nitrogens with zero attached hydrogens (tertiary/aromatic N) is 4. The third-order valence-corrected chi connectivity index (χ3v) is 3.52. The number of anilines is 1. The van der Waals surface area contributed by atoms with Crippen LogP contribution in [0.5, 0.6) is 0 Å². The number of pyridine rings is 1. The highest BCUT2D eigenvalue weighted by atomic mass is 16.6. The summed E-state index contributed by atoms with van der Waals surface area (Å²) in [6.07, 6.45) is 4.48. The van der Waals surface area contributed by atoms with E-state index in [1.165, 1.54) is 12.3 Å². The van der Waals surface area contributed by atoms with Crippen LogP contribution in [-0.4, -0.2) is 33.5 Å². The minimum absolute atomic E-state index is 0.122. The molecule has 1 aliphatic heterocycles. The molecular weight excluding hydrogens is 262 g/mol. The van der Waals surface area contributed by atoms with Crippen LogP contribution < -0.4 is 10.6 Å². The summed E-state index contributed by atoms with van der Waals surface area (Å²) in [5, 5.41) is 22.7. The first-order valence-corrected chi connectivity index (χ1v) is 6.43. The first-order chi connectivity index (χ1) is 9.54. The summed E-state index contributed by atoms with van der Waals surface area (Å²) in [4.78, 5) is 16.8. The second kappa shape index (κ2) is 5.72. The number of rotatable bonds is 3. The van der Waals surface area contributed by atoms with Crippen LogP contribution in [0.15, 0.2) is 17.4 Å². The first kappa shape index (κ1) is 14.0. The molecule has 0 aliphatic carbocycles. The molecule has 8 nitrogen and oxygen atoms in total. The monoisotopic (exact) mass is 279 g/mol. The van der Waals surface area contributed by atoms with Gasteiger partial charge in [-0.05, 0) is 26.2 Å². The molecule has 1 aliphatic rings. The normalized spacial score (nSPS) is 19.9. The standard InChI is InChI=1S/C12H17N5O3/c1-8-4-2-3-5-16(8)12-10(17(19)20)6-9(7-14-12)11(13)15-18/h6-8,18H,2-5H2,1H3,(H2,13,15). The van der Waals surface area contributed by atoms with Crippen molar-refractivity contribution in [3.8, 4) is 0 Å². The Labute approximate surface area is 116 Å². The molecule has 1 saturated heterocycles. The molecule has 2 rings (SSSR count). The summed E-state index contributed by atoms with van der Waals surface area (Å²) in [5.74, 6) is 0.149. The lowest BCUT2D eigenvalue weighted by Gasteiger charge is -2.33. The number of nitrogens with two attached hydrogens (primary N) is 1. The van der Waals surface area contributed by atoms with Crippen LogP contribution in [0.2, 0.25) is 0 Å². The highest BCUT2D eigenvalue weighted by molar-refractivity contribution is 5.97. The fraction of sp³-hybridized carbons (Fsp3) is 0.500. The van der Waals surface area contributed by atoms with Crippen LogP contribution in [0.4, 0.5) is 11.5 Å². The van der Waals surface area contributed by atoms with E-state index in [2.05, 4.69) is 10.1 Å². The molecule has 2 heterocycles. The Bertz CT molecular complexity index is 546. The second-order valence-corrected chi connectivity index (χ2v) is 4.85. The number of oxime groups is 1. The summed E-state index contributed by atoms with van der Waals surface area (Å²) < 4.78 is 0. The van der Waals surface area contributed by atoms with Gasteiger partial charge in [0, 0.05) is 30.4 Å². The SMILES string of the molecule is CC1CCCCN1c1ncc(C(N)=NO)cc1[N+](=O)[O-]. The van der Waals surface area contributed by atoms with Gasteiger partial charge in [-0.15, -0.1) is 0 Å². The van der Waals surface area contributed by atoms with Crippen molar-refractivity contribution in [2.75, 3.05) is 11.4 Å². The van der Waals surface area contributed by atoms with Crippen molar-refractivity contribution in [2.45, 2.75) is 32.2 Å². The molecule has 8 heteroatoms. The highest BCUT2D eigenvalue weighted by Crippen LogP contribution is 2.31. The van der Waals surface area contributed by atoms with Crippen LogP contribution in [-0.2, 0) is 0 Å². The molecule has 1 atom stereocenters. The molecule has 0 bridgehead atoms. The average molecular weight is 279 g/mol. The zero-order valence-electron chi connectivity index (χ0n) is 11.2. The largest absolute Gasteiger partial charge is 0.409 e. The van der Waals surface area contributed by atoms with Crippen molar-refractivity contribution in [1.82, 2.24) is 4.98 Å². The Morgan fingerprint density at radius 2 is 2.40 bits per heavy atom. The van der Waals surface area contributed by atoms with E-state index in [1.54, 1.807) is 0 Å². The van der Waals surface area contributed by atoms with Crippen LogP contribution >= 0.6 is 0 Å². The quantitative estimate of drug-likeness (QED) is 0.284. The summed E-state index contributed by atoms with van der Waals surface area (Å²) in [5.41, 5.74) is 5.55. The maximum atomic E-state index is 11.2. The molecular formula is C12H17N5O3. The van der Waals surface area contributed by atoms with Gasteiger partial charge in [0.05, 0.1) is 4.92 Å². The van der Waals surface area contributed by atoms with Crippen molar-refractivity contribution in [1.29, 1.82) is 0 Å². The number of piperidine rings is 1. The van der Waals surface area contributed by atoms with E-state index in [0.29, 0.717) is 5.82 Å². The summed E-state index contributed by atoms with van der Waals surface area (Å²) in [6, 6.07) is 1.50. The summed E-state index contributed by atoms with van der Waals surface area (Å²) in [6.45, 7) is 2.78. The van der Waals surface area contributed by atoms with Crippen molar-refractivity contribution in [3.05, 3.63) is 27.9 Å². The lowest BCUT2D eigenvalue weighted by molar-refractivity contribution is -0.384. The van der Waals surface area contributed by atoms with E-state index in [0.717, 1.165) is 25.8 Å². The number of hydrogen-bond donors (Lipinski definition) is 2. The molecule has 0 amide bonds. The van der Waals surface area contributed by atoms with E-state index in [1.807, 2.05) is 11.8 Å². The molecule has 0 spiro atoms. The smallest absolute Gasteiger partial charge is 0.312 e. The third kappa shape index (κ3) is 2.63. The second-order valence-electron chi connectivity index (χ2n) is 4.85. The molecule has 1 unspecified atom stereocenters. The predicted molar refractivity (Wildman–Crippen MR) is 74.1 cm³/mol. The zero-order chi connectivity index (χ0) is 14.7. The van der Waals surface area contributed by atoms with Gasteiger partial charge in [0.15, 0.2) is 5.84 Å². The fourth-order valence-corrected chi connectivity index (χ4v) is 2.41. The van der Waals surface area contributed by atoms with Crippen LogP contribution in [0, 0.1) is 10.1 Å². The van der Waals surface area contributed by atoms with Gasteiger partial charge in [0.2, 0.25) is 5.82 Å². The molecule has 0 radical (unpaired) electrons. The Kier molecular flexibility index (Phi) is 4.02. The Morgan fingerprint density at radius 1 is 1.65 bits per heavy atom. The van der Waals surface area contributed by atoms with Gasteiger partial charge >= 0.3 is 5.69 Å². The van der Waals surface area contributed by atoms with Crippen LogP contribution in [0.3, 0.4) is 0 Å². The van der Waals surface area contributed by atoms with Gasteiger partial charge in [-0.25, -0.2) is 4.98 Å². The topological polar surface area (TPSA) is 118 Å². The first-order valence-electron chi connectivity index (χ1n) is 6.43. The fourth-order valence-electron chi connectivity index (χ4n) is 2.41. The van der Waals surface area contributed by atoms with Crippen molar-refractivity contribution >= 4 is 17.3 Å². The number of hydrogen-bond acceptors (Lipinski definition) is 6. The third-order valence-electron chi connectivity index (χ3n) is 3.52. The van der Waals surface area contributed by atoms with Gasteiger partial charge in [-0.1, -0.05) is 5.16 Å². The lowest BCUT2D eigenvalue weighted by Crippen LogP contribution is -2.38. The van der Waals surface area contributed by atoms with Gasteiger partial charge < -0.3 is 15.8 Å². The minimum Gasteiger partial charge on any atom is -0.409 e. The van der Waals surface area contributed by atoms with Crippen LogP contribution in [0.25, 0.3) is 0 Å². The molecule has 3 N–H and O–H groups in total. The molecule has 1 aromatic heterocycles. The molecule has 0 saturated carbocycles. The molecule has 108 valence electrons. The van der Waals surface area contributed by atoms with E-state index in [4.69, 9.17) is 10.9 Å².